The third-order valence-electron chi connectivity index (χ3n) is 1.90. The van der Waals surface area contributed by atoms with Gasteiger partial charge in [0, 0.05) is 4.47 Å². The van der Waals surface area contributed by atoms with Gasteiger partial charge in [-0.3, -0.25) is 0 Å². The van der Waals surface area contributed by atoms with Crippen molar-refractivity contribution in [2.75, 3.05) is 0 Å². The molecule has 2 aromatic carbocycles. The van der Waals surface area contributed by atoms with E-state index in [1.165, 1.54) is 11.1 Å². The van der Waals surface area contributed by atoms with Crippen molar-refractivity contribution in [1.29, 1.82) is 0 Å². The van der Waals surface area contributed by atoms with E-state index in [0.717, 1.165) is 4.47 Å². The third-order valence-corrected chi connectivity index (χ3v) is 2.42. The summed E-state index contributed by atoms with van der Waals surface area (Å²) in [6.45, 7) is 0. The van der Waals surface area contributed by atoms with Gasteiger partial charge < -0.3 is 0 Å². The number of hydrogen-bond acceptors (Lipinski definition) is 0. The van der Waals surface area contributed by atoms with Gasteiger partial charge in [0.25, 0.3) is 0 Å². The van der Waals surface area contributed by atoms with Crippen LogP contribution in [0.1, 0.15) is 0 Å². The molecule has 0 amide bonds. The van der Waals surface area contributed by atoms with Crippen LogP contribution in [0, 0.1) is 6.07 Å². The van der Waals surface area contributed by atoms with E-state index < -0.39 is 0 Å². The largest absolute Gasteiger partial charge is 1.00 e. The summed E-state index contributed by atoms with van der Waals surface area (Å²) in [6.07, 6.45) is 0. The second-order valence-electron chi connectivity index (χ2n) is 2.80. The van der Waals surface area contributed by atoms with E-state index in [2.05, 4.69) is 46.3 Å². The van der Waals surface area contributed by atoms with Crippen molar-refractivity contribution in [3.8, 4) is 11.1 Å². The van der Waals surface area contributed by atoms with Gasteiger partial charge in [-0.05, 0) is 17.7 Å². The van der Waals surface area contributed by atoms with Gasteiger partial charge >= 0.3 is 18.9 Å². The van der Waals surface area contributed by atoms with Crippen molar-refractivity contribution in [2.24, 2.45) is 0 Å². The van der Waals surface area contributed by atoms with Crippen molar-refractivity contribution in [3.05, 3.63) is 59.1 Å². The first-order chi connectivity index (χ1) is 6.36. The van der Waals surface area contributed by atoms with E-state index >= 15 is 0 Å². The zero-order valence-electron chi connectivity index (χ0n) is 8.00. The Morgan fingerprint density at radius 3 is 1.86 bits per heavy atom. The number of rotatable bonds is 1. The first-order valence-electron chi connectivity index (χ1n) is 4.08. The Hall–Kier alpha value is -0.483. The number of benzene rings is 2. The average molecular weight is 239 g/mol. The fourth-order valence-corrected chi connectivity index (χ4v) is 1.49. The SMILES string of the molecule is Brc1ccc(-c2cc[c-]cc2)cc1.[Li+]. The predicted molar refractivity (Wildman–Crippen MR) is 58.4 cm³/mol. The van der Waals surface area contributed by atoms with Gasteiger partial charge in [-0.25, -0.2) is 0 Å². The minimum atomic E-state index is 0. The molecule has 2 aromatic rings. The van der Waals surface area contributed by atoms with Gasteiger partial charge in [-0.15, -0.1) is 5.56 Å². The van der Waals surface area contributed by atoms with Crippen molar-refractivity contribution < 1.29 is 18.9 Å². The maximum Gasteiger partial charge on any atom is 1.00 e. The second kappa shape index (κ2) is 5.41. The molecule has 0 atom stereocenters. The van der Waals surface area contributed by atoms with Crippen molar-refractivity contribution in [2.45, 2.75) is 0 Å². The molecule has 0 radical (unpaired) electrons. The summed E-state index contributed by atoms with van der Waals surface area (Å²) >= 11 is 3.41. The van der Waals surface area contributed by atoms with Crippen LogP contribution in [-0.2, 0) is 0 Å². The summed E-state index contributed by atoms with van der Waals surface area (Å²) in [7, 11) is 0. The van der Waals surface area contributed by atoms with E-state index in [-0.39, 0.29) is 18.9 Å². The summed E-state index contributed by atoms with van der Waals surface area (Å²) in [4.78, 5) is 0. The van der Waals surface area contributed by atoms with E-state index in [1.807, 2.05) is 24.3 Å². The zero-order valence-corrected chi connectivity index (χ0v) is 9.58. The van der Waals surface area contributed by atoms with Crippen LogP contribution in [0.4, 0.5) is 0 Å². The van der Waals surface area contributed by atoms with Crippen LogP contribution < -0.4 is 18.9 Å². The molecule has 0 nitrogen and oxygen atoms in total. The molecule has 2 rings (SSSR count). The Labute approximate surface area is 105 Å². The number of hydrogen-bond donors (Lipinski definition) is 0. The molecule has 0 fully saturated rings. The first-order valence-corrected chi connectivity index (χ1v) is 4.87. The fraction of sp³-hybridized carbons (Fsp3) is 0. The summed E-state index contributed by atoms with van der Waals surface area (Å²) in [6, 6.07) is 19.3. The molecule has 0 aromatic heterocycles. The second-order valence-corrected chi connectivity index (χ2v) is 3.71. The molecule has 0 aliphatic rings. The van der Waals surface area contributed by atoms with Crippen LogP contribution >= 0.6 is 15.9 Å². The quantitative estimate of drug-likeness (QED) is 0.512. The number of halogens is 1. The molecule has 0 spiro atoms. The van der Waals surface area contributed by atoms with Gasteiger partial charge in [0.2, 0.25) is 0 Å². The molecule has 0 bridgehead atoms. The van der Waals surface area contributed by atoms with Crippen LogP contribution in [0.25, 0.3) is 11.1 Å². The van der Waals surface area contributed by atoms with Gasteiger partial charge in [-0.1, -0.05) is 28.1 Å². The molecule has 0 aliphatic heterocycles. The normalized spacial score (nSPS) is 9.21. The van der Waals surface area contributed by atoms with E-state index in [4.69, 9.17) is 0 Å². The van der Waals surface area contributed by atoms with Gasteiger partial charge in [0.1, 0.15) is 0 Å². The van der Waals surface area contributed by atoms with Crippen molar-refractivity contribution in [1.82, 2.24) is 0 Å². The van der Waals surface area contributed by atoms with Gasteiger partial charge in [-0.2, -0.15) is 30.3 Å². The fourth-order valence-electron chi connectivity index (χ4n) is 1.22. The standard InChI is InChI=1S/C12H8Br.Li/c13-12-8-6-11(7-9-12)10-4-2-1-3-5-10;/h2-9H;/q-1;+1. The monoisotopic (exact) mass is 238 g/mol. The Kier molecular flexibility index (Phi) is 4.48. The molecule has 0 aliphatic carbocycles. The van der Waals surface area contributed by atoms with Crippen LogP contribution in [0.15, 0.2) is 53.0 Å². The topological polar surface area (TPSA) is 0 Å². The Balaban J connectivity index is 0.000000980. The van der Waals surface area contributed by atoms with E-state index in [9.17, 15) is 0 Å². The molecule has 64 valence electrons. The van der Waals surface area contributed by atoms with Gasteiger partial charge in [0.05, 0.1) is 0 Å². The molecule has 14 heavy (non-hydrogen) atoms. The van der Waals surface area contributed by atoms with Crippen LogP contribution in [0.5, 0.6) is 0 Å². The Morgan fingerprint density at radius 1 is 0.786 bits per heavy atom. The summed E-state index contributed by atoms with van der Waals surface area (Å²) < 4.78 is 1.11. The molecule has 0 heterocycles. The van der Waals surface area contributed by atoms with Gasteiger partial charge in [0.15, 0.2) is 0 Å². The Morgan fingerprint density at radius 2 is 1.29 bits per heavy atom. The summed E-state index contributed by atoms with van der Waals surface area (Å²) in [5.74, 6) is 0. The zero-order chi connectivity index (χ0) is 9.10. The third kappa shape index (κ3) is 2.75. The van der Waals surface area contributed by atoms with Crippen molar-refractivity contribution in [3.63, 3.8) is 0 Å². The average Bonchev–Trinajstić information content (AvgIpc) is 2.20. The molecule has 0 N–H and O–H groups in total. The van der Waals surface area contributed by atoms with E-state index in [0.29, 0.717) is 0 Å². The molecule has 2 heteroatoms. The molecule has 0 saturated heterocycles. The van der Waals surface area contributed by atoms with Crippen LogP contribution in [0.3, 0.4) is 0 Å². The maximum absolute atomic E-state index is 3.41. The smallest absolute Gasteiger partial charge is 0.184 e. The van der Waals surface area contributed by atoms with Crippen LogP contribution in [-0.4, -0.2) is 0 Å². The maximum atomic E-state index is 3.41. The molecular formula is C12H8BrLi. The summed E-state index contributed by atoms with van der Waals surface area (Å²) in [5, 5.41) is 0. The molecule has 0 unspecified atom stereocenters. The first kappa shape index (κ1) is 11.6. The minimum absolute atomic E-state index is 0. The predicted octanol–water partition coefficient (Wildman–Crippen LogP) is 0.920. The van der Waals surface area contributed by atoms with Crippen LogP contribution in [0.2, 0.25) is 0 Å². The molecular weight excluding hydrogens is 231 g/mol. The summed E-state index contributed by atoms with van der Waals surface area (Å²) in [5.41, 5.74) is 2.46. The Bertz CT molecular complexity index is 381. The van der Waals surface area contributed by atoms with E-state index in [1.54, 1.807) is 0 Å². The molecule has 0 saturated carbocycles. The minimum Gasteiger partial charge on any atom is -0.184 e. The van der Waals surface area contributed by atoms with Crippen molar-refractivity contribution >= 4 is 15.9 Å².